The van der Waals surface area contributed by atoms with Gasteiger partial charge in [0.15, 0.2) is 0 Å². The Balaban J connectivity index is 2.02. The van der Waals surface area contributed by atoms with Crippen LogP contribution in [0, 0.1) is 0 Å². The highest BCUT2D eigenvalue weighted by Gasteiger charge is 2.20. The third kappa shape index (κ3) is 2.60. The minimum Gasteiger partial charge on any atom is -0.478 e. The van der Waals surface area contributed by atoms with Crippen LogP contribution in [0.25, 0.3) is 11.1 Å². The minimum absolute atomic E-state index is 0.0570. The average Bonchev–Trinajstić information content (AvgIpc) is 2.53. The van der Waals surface area contributed by atoms with E-state index in [4.69, 9.17) is 5.11 Å². The van der Waals surface area contributed by atoms with Gasteiger partial charge in [-0.1, -0.05) is 18.2 Å². The number of rotatable bonds is 2. The summed E-state index contributed by atoms with van der Waals surface area (Å²) in [4.78, 5) is 24.6. The SMILES string of the molecule is CC(=O)N1CCCc2cc(-c3cccc(C(=O)O)c3)ccc21. The molecule has 1 heterocycles. The lowest BCUT2D eigenvalue weighted by Crippen LogP contribution is -2.33. The quantitative estimate of drug-likeness (QED) is 0.924. The first-order valence-corrected chi connectivity index (χ1v) is 7.31. The Kier molecular flexibility index (Phi) is 3.67. The molecule has 0 saturated heterocycles. The van der Waals surface area contributed by atoms with Crippen molar-refractivity contribution in [2.24, 2.45) is 0 Å². The number of fused-ring (bicyclic) bond motifs is 1. The second-order valence-corrected chi connectivity index (χ2v) is 5.50. The molecule has 2 aromatic carbocycles. The summed E-state index contributed by atoms with van der Waals surface area (Å²) < 4.78 is 0. The maximum absolute atomic E-state index is 11.7. The lowest BCUT2D eigenvalue weighted by Gasteiger charge is -2.29. The van der Waals surface area contributed by atoms with Crippen molar-refractivity contribution < 1.29 is 14.7 Å². The van der Waals surface area contributed by atoms with E-state index in [1.165, 1.54) is 0 Å². The van der Waals surface area contributed by atoms with Gasteiger partial charge in [0.1, 0.15) is 0 Å². The normalized spacial score (nSPS) is 13.6. The monoisotopic (exact) mass is 295 g/mol. The van der Waals surface area contributed by atoms with Crippen molar-refractivity contribution in [3.8, 4) is 11.1 Å². The van der Waals surface area contributed by atoms with E-state index in [0.29, 0.717) is 0 Å². The standard InChI is InChI=1S/C18H17NO3/c1-12(20)19-9-3-6-15-10-14(7-8-17(15)19)13-4-2-5-16(11-13)18(21)22/h2,4-5,7-8,10-11H,3,6,9H2,1H3,(H,21,22). The molecule has 1 amide bonds. The first-order chi connectivity index (χ1) is 10.6. The number of hydrogen-bond acceptors (Lipinski definition) is 2. The van der Waals surface area contributed by atoms with Crippen molar-refractivity contribution in [3.63, 3.8) is 0 Å². The number of nitrogens with zero attached hydrogens (tertiary/aromatic N) is 1. The van der Waals surface area contributed by atoms with E-state index in [9.17, 15) is 9.59 Å². The van der Waals surface area contributed by atoms with E-state index in [1.807, 2.05) is 18.2 Å². The Bertz CT molecular complexity index is 752. The van der Waals surface area contributed by atoms with Gasteiger partial charge in [0.2, 0.25) is 5.91 Å². The maximum atomic E-state index is 11.7. The fourth-order valence-electron chi connectivity index (χ4n) is 2.94. The zero-order valence-corrected chi connectivity index (χ0v) is 12.4. The Morgan fingerprint density at radius 3 is 2.59 bits per heavy atom. The molecule has 1 N–H and O–H groups in total. The summed E-state index contributed by atoms with van der Waals surface area (Å²) in [6.45, 7) is 2.34. The molecule has 1 aliphatic rings. The van der Waals surface area contributed by atoms with E-state index in [0.717, 1.165) is 41.8 Å². The molecule has 0 unspecified atom stereocenters. The van der Waals surface area contributed by atoms with Crippen LogP contribution in [0.4, 0.5) is 5.69 Å². The molecule has 0 bridgehead atoms. The molecular formula is C18H17NO3. The van der Waals surface area contributed by atoms with Crippen LogP contribution in [0.1, 0.15) is 29.3 Å². The largest absolute Gasteiger partial charge is 0.478 e. The number of carbonyl (C=O) groups excluding carboxylic acids is 1. The number of aromatic carboxylic acids is 1. The molecule has 0 saturated carbocycles. The number of anilines is 1. The number of carboxylic acid groups (broad SMARTS) is 1. The summed E-state index contributed by atoms with van der Waals surface area (Å²) in [5.41, 5.74) is 4.24. The first kappa shape index (κ1) is 14.3. The zero-order valence-electron chi connectivity index (χ0n) is 12.4. The Morgan fingerprint density at radius 1 is 1.09 bits per heavy atom. The van der Waals surface area contributed by atoms with Crippen molar-refractivity contribution in [1.82, 2.24) is 0 Å². The van der Waals surface area contributed by atoms with Gasteiger partial charge < -0.3 is 10.0 Å². The molecule has 0 aliphatic carbocycles. The number of hydrogen-bond donors (Lipinski definition) is 1. The first-order valence-electron chi connectivity index (χ1n) is 7.31. The van der Waals surface area contributed by atoms with Crippen LogP contribution in [-0.2, 0) is 11.2 Å². The molecule has 2 aromatic rings. The van der Waals surface area contributed by atoms with Gasteiger partial charge in [-0.2, -0.15) is 0 Å². The Labute approximate surface area is 129 Å². The van der Waals surface area contributed by atoms with Gasteiger partial charge in [-0.3, -0.25) is 4.79 Å². The molecule has 4 heteroatoms. The fraction of sp³-hybridized carbons (Fsp3) is 0.222. The lowest BCUT2D eigenvalue weighted by molar-refractivity contribution is -0.116. The number of aryl methyl sites for hydroxylation is 1. The predicted molar refractivity (Wildman–Crippen MR) is 85.2 cm³/mol. The summed E-state index contributed by atoms with van der Waals surface area (Å²) in [6, 6.07) is 12.9. The van der Waals surface area contributed by atoms with Crippen LogP contribution in [0.15, 0.2) is 42.5 Å². The van der Waals surface area contributed by atoms with Crippen LogP contribution < -0.4 is 4.90 Å². The fourth-order valence-corrected chi connectivity index (χ4v) is 2.94. The molecule has 1 aliphatic heterocycles. The number of carboxylic acids is 1. The van der Waals surface area contributed by atoms with Gasteiger partial charge in [-0.15, -0.1) is 0 Å². The van der Waals surface area contributed by atoms with Crippen molar-refractivity contribution in [2.75, 3.05) is 11.4 Å². The molecule has 112 valence electrons. The molecule has 3 rings (SSSR count). The highest BCUT2D eigenvalue weighted by molar-refractivity contribution is 5.93. The number of carbonyl (C=O) groups is 2. The van der Waals surface area contributed by atoms with Gasteiger partial charge in [0, 0.05) is 19.2 Å². The second-order valence-electron chi connectivity index (χ2n) is 5.50. The van der Waals surface area contributed by atoms with E-state index < -0.39 is 5.97 Å². The van der Waals surface area contributed by atoms with E-state index in [1.54, 1.807) is 30.0 Å². The number of amides is 1. The summed E-state index contributed by atoms with van der Waals surface area (Å²) >= 11 is 0. The van der Waals surface area contributed by atoms with Crippen molar-refractivity contribution in [3.05, 3.63) is 53.6 Å². The zero-order chi connectivity index (χ0) is 15.7. The smallest absolute Gasteiger partial charge is 0.335 e. The minimum atomic E-state index is -0.928. The molecule has 0 aromatic heterocycles. The van der Waals surface area contributed by atoms with Crippen LogP contribution in [-0.4, -0.2) is 23.5 Å². The molecule has 0 atom stereocenters. The molecule has 22 heavy (non-hydrogen) atoms. The van der Waals surface area contributed by atoms with Crippen molar-refractivity contribution in [2.45, 2.75) is 19.8 Å². The van der Waals surface area contributed by atoms with E-state index in [2.05, 4.69) is 6.07 Å². The second kappa shape index (κ2) is 5.64. The van der Waals surface area contributed by atoms with Gasteiger partial charge in [-0.25, -0.2) is 4.79 Å². The van der Waals surface area contributed by atoms with Crippen LogP contribution >= 0.6 is 0 Å². The summed E-state index contributed by atoms with van der Waals surface area (Å²) in [6.07, 6.45) is 1.89. The van der Waals surface area contributed by atoms with Crippen LogP contribution in [0.5, 0.6) is 0 Å². The maximum Gasteiger partial charge on any atom is 0.335 e. The highest BCUT2D eigenvalue weighted by Crippen LogP contribution is 2.32. The Hall–Kier alpha value is -2.62. The molecule has 0 spiro atoms. The summed E-state index contributed by atoms with van der Waals surface area (Å²) in [7, 11) is 0. The average molecular weight is 295 g/mol. The summed E-state index contributed by atoms with van der Waals surface area (Å²) in [5, 5.41) is 9.10. The van der Waals surface area contributed by atoms with E-state index in [-0.39, 0.29) is 11.5 Å². The third-order valence-corrected chi connectivity index (χ3v) is 4.02. The number of benzene rings is 2. The Morgan fingerprint density at radius 2 is 1.86 bits per heavy atom. The molecular weight excluding hydrogens is 278 g/mol. The van der Waals surface area contributed by atoms with Crippen molar-refractivity contribution >= 4 is 17.6 Å². The predicted octanol–water partition coefficient (Wildman–Crippen LogP) is 3.35. The molecule has 4 nitrogen and oxygen atoms in total. The van der Waals surface area contributed by atoms with Crippen LogP contribution in [0.2, 0.25) is 0 Å². The summed E-state index contributed by atoms with van der Waals surface area (Å²) in [5.74, 6) is -0.871. The molecule has 0 fully saturated rings. The highest BCUT2D eigenvalue weighted by atomic mass is 16.4. The van der Waals surface area contributed by atoms with Crippen LogP contribution in [0.3, 0.4) is 0 Å². The van der Waals surface area contributed by atoms with Gasteiger partial charge in [0.25, 0.3) is 0 Å². The lowest BCUT2D eigenvalue weighted by atomic mass is 9.95. The third-order valence-electron chi connectivity index (χ3n) is 4.02. The molecule has 0 radical (unpaired) electrons. The van der Waals surface area contributed by atoms with Gasteiger partial charge in [-0.05, 0) is 53.8 Å². The van der Waals surface area contributed by atoms with Gasteiger partial charge >= 0.3 is 5.97 Å². The van der Waals surface area contributed by atoms with Gasteiger partial charge in [0.05, 0.1) is 5.56 Å². The van der Waals surface area contributed by atoms with Crippen molar-refractivity contribution in [1.29, 1.82) is 0 Å². The topological polar surface area (TPSA) is 57.6 Å². The van der Waals surface area contributed by atoms with E-state index >= 15 is 0 Å².